The average Bonchev–Trinajstić information content (AvgIpc) is 2.16. The van der Waals surface area contributed by atoms with Gasteiger partial charge in [-0.25, -0.2) is 0 Å². The van der Waals surface area contributed by atoms with E-state index in [0.717, 1.165) is 25.3 Å². The second-order valence-corrected chi connectivity index (χ2v) is 4.39. The lowest BCUT2D eigenvalue weighted by Gasteiger charge is -2.15. The van der Waals surface area contributed by atoms with Gasteiger partial charge < -0.3 is 10.1 Å². The smallest absolute Gasteiger partial charge is 0.120 e. The van der Waals surface area contributed by atoms with Gasteiger partial charge in [0.25, 0.3) is 0 Å². The number of ether oxygens (including phenoxy) is 1. The predicted octanol–water partition coefficient (Wildman–Crippen LogP) is 3.07. The van der Waals surface area contributed by atoms with Crippen LogP contribution in [0.2, 0.25) is 0 Å². The van der Waals surface area contributed by atoms with Gasteiger partial charge in [0.2, 0.25) is 0 Å². The van der Waals surface area contributed by atoms with E-state index in [4.69, 9.17) is 4.74 Å². The van der Waals surface area contributed by atoms with E-state index in [1.165, 1.54) is 11.1 Å². The summed E-state index contributed by atoms with van der Waals surface area (Å²) in [6.45, 7) is 10.5. The van der Waals surface area contributed by atoms with Crippen LogP contribution in [-0.2, 0) is 0 Å². The molecule has 0 aliphatic carbocycles. The minimum Gasteiger partial charge on any atom is -0.491 e. The lowest BCUT2D eigenvalue weighted by atomic mass is 10.1. The van der Waals surface area contributed by atoms with Crippen molar-refractivity contribution in [1.82, 2.24) is 5.32 Å². The fourth-order valence-electron chi connectivity index (χ4n) is 1.77. The first-order chi connectivity index (χ1) is 7.61. The topological polar surface area (TPSA) is 21.3 Å². The molecule has 90 valence electrons. The lowest BCUT2D eigenvalue weighted by Crippen LogP contribution is -2.22. The van der Waals surface area contributed by atoms with Crippen molar-refractivity contribution in [3.63, 3.8) is 0 Å². The Balaban J connectivity index is 2.45. The average molecular weight is 221 g/mol. The van der Waals surface area contributed by atoms with Crippen LogP contribution < -0.4 is 10.1 Å². The molecule has 0 fully saturated rings. The molecule has 0 saturated carbocycles. The molecule has 1 N–H and O–H groups in total. The van der Waals surface area contributed by atoms with E-state index >= 15 is 0 Å². The molecule has 0 aliphatic heterocycles. The van der Waals surface area contributed by atoms with Gasteiger partial charge in [0, 0.05) is 0 Å². The fraction of sp³-hybridized carbons (Fsp3) is 0.571. The van der Waals surface area contributed by atoms with Crippen LogP contribution in [0.25, 0.3) is 0 Å². The fourth-order valence-corrected chi connectivity index (χ4v) is 1.77. The molecule has 1 aromatic rings. The monoisotopic (exact) mass is 221 g/mol. The van der Waals surface area contributed by atoms with E-state index in [-0.39, 0.29) is 6.10 Å². The Kier molecular flexibility index (Phi) is 5.33. The second-order valence-electron chi connectivity index (χ2n) is 4.39. The SMILES string of the molecule is CCNCCC(C)Oc1cc(C)cc(C)c1. The quantitative estimate of drug-likeness (QED) is 0.745. The Morgan fingerprint density at radius 1 is 1.19 bits per heavy atom. The van der Waals surface area contributed by atoms with Crippen LogP contribution in [-0.4, -0.2) is 19.2 Å². The van der Waals surface area contributed by atoms with Crippen molar-refractivity contribution in [1.29, 1.82) is 0 Å². The van der Waals surface area contributed by atoms with Crippen LogP contribution in [0.4, 0.5) is 0 Å². The predicted molar refractivity (Wildman–Crippen MR) is 69.2 cm³/mol. The Morgan fingerprint density at radius 3 is 2.38 bits per heavy atom. The highest BCUT2D eigenvalue weighted by molar-refractivity contribution is 5.33. The van der Waals surface area contributed by atoms with Crippen molar-refractivity contribution < 1.29 is 4.74 Å². The molecule has 0 aromatic heterocycles. The van der Waals surface area contributed by atoms with E-state index in [0.29, 0.717) is 0 Å². The molecule has 0 radical (unpaired) electrons. The Hall–Kier alpha value is -1.02. The maximum Gasteiger partial charge on any atom is 0.120 e. The highest BCUT2D eigenvalue weighted by Crippen LogP contribution is 2.18. The van der Waals surface area contributed by atoms with Gasteiger partial charge in [-0.15, -0.1) is 0 Å². The van der Waals surface area contributed by atoms with Gasteiger partial charge in [0.05, 0.1) is 6.10 Å². The Morgan fingerprint density at radius 2 is 1.81 bits per heavy atom. The van der Waals surface area contributed by atoms with Crippen LogP contribution >= 0.6 is 0 Å². The zero-order chi connectivity index (χ0) is 12.0. The van der Waals surface area contributed by atoms with E-state index in [9.17, 15) is 0 Å². The molecule has 0 spiro atoms. The number of hydrogen-bond donors (Lipinski definition) is 1. The van der Waals surface area contributed by atoms with E-state index in [1.807, 2.05) is 0 Å². The van der Waals surface area contributed by atoms with Gasteiger partial charge in [-0.1, -0.05) is 13.0 Å². The number of nitrogens with one attached hydrogen (secondary N) is 1. The molecular weight excluding hydrogens is 198 g/mol. The maximum atomic E-state index is 5.88. The van der Waals surface area contributed by atoms with Crippen molar-refractivity contribution in [2.24, 2.45) is 0 Å². The molecule has 16 heavy (non-hydrogen) atoms. The third kappa shape index (κ3) is 4.67. The van der Waals surface area contributed by atoms with Crippen LogP contribution in [0.3, 0.4) is 0 Å². The standard InChI is InChI=1S/C14H23NO/c1-5-15-7-6-13(4)16-14-9-11(2)8-12(3)10-14/h8-10,13,15H,5-7H2,1-4H3. The minimum absolute atomic E-state index is 0.264. The van der Waals surface area contributed by atoms with Gasteiger partial charge >= 0.3 is 0 Å². The summed E-state index contributed by atoms with van der Waals surface area (Å²) in [7, 11) is 0. The molecule has 0 saturated heterocycles. The van der Waals surface area contributed by atoms with Gasteiger partial charge in [-0.3, -0.25) is 0 Å². The molecule has 1 atom stereocenters. The zero-order valence-corrected chi connectivity index (χ0v) is 10.8. The number of hydrogen-bond acceptors (Lipinski definition) is 2. The van der Waals surface area contributed by atoms with E-state index < -0.39 is 0 Å². The van der Waals surface area contributed by atoms with Crippen molar-refractivity contribution in [2.45, 2.75) is 40.2 Å². The van der Waals surface area contributed by atoms with E-state index in [1.54, 1.807) is 0 Å². The van der Waals surface area contributed by atoms with Crippen molar-refractivity contribution in [3.05, 3.63) is 29.3 Å². The molecule has 0 amide bonds. The van der Waals surface area contributed by atoms with Gasteiger partial charge in [0.15, 0.2) is 0 Å². The van der Waals surface area contributed by atoms with Crippen molar-refractivity contribution in [3.8, 4) is 5.75 Å². The Bertz CT molecular complexity index is 302. The molecule has 1 unspecified atom stereocenters. The summed E-state index contributed by atoms with van der Waals surface area (Å²) in [5.74, 6) is 0.987. The molecule has 1 aromatic carbocycles. The van der Waals surface area contributed by atoms with Crippen LogP contribution in [0.15, 0.2) is 18.2 Å². The van der Waals surface area contributed by atoms with Crippen LogP contribution in [0.1, 0.15) is 31.4 Å². The minimum atomic E-state index is 0.264. The number of aryl methyl sites for hydroxylation is 2. The van der Waals surface area contributed by atoms with Gasteiger partial charge in [0.1, 0.15) is 5.75 Å². The summed E-state index contributed by atoms with van der Waals surface area (Å²) in [5, 5.41) is 3.31. The normalized spacial score (nSPS) is 12.5. The molecule has 1 rings (SSSR count). The third-order valence-electron chi connectivity index (χ3n) is 2.51. The largest absolute Gasteiger partial charge is 0.491 e. The highest BCUT2D eigenvalue weighted by Gasteiger charge is 2.04. The first kappa shape index (κ1) is 13.0. The summed E-state index contributed by atoms with van der Waals surface area (Å²) in [5.41, 5.74) is 2.52. The maximum absolute atomic E-state index is 5.88. The summed E-state index contributed by atoms with van der Waals surface area (Å²) in [6, 6.07) is 6.35. The molecule has 0 bridgehead atoms. The van der Waals surface area contributed by atoms with Crippen molar-refractivity contribution in [2.75, 3.05) is 13.1 Å². The third-order valence-corrected chi connectivity index (χ3v) is 2.51. The van der Waals surface area contributed by atoms with Crippen molar-refractivity contribution >= 4 is 0 Å². The molecule has 0 heterocycles. The first-order valence-electron chi connectivity index (χ1n) is 6.07. The lowest BCUT2D eigenvalue weighted by molar-refractivity contribution is 0.210. The molecule has 2 heteroatoms. The molecular formula is C14H23NO. The van der Waals surface area contributed by atoms with Gasteiger partial charge in [-0.05, 0) is 63.5 Å². The summed E-state index contributed by atoms with van der Waals surface area (Å²) >= 11 is 0. The summed E-state index contributed by atoms with van der Waals surface area (Å²) in [6.07, 6.45) is 1.31. The van der Waals surface area contributed by atoms with Gasteiger partial charge in [-0.2, -0.15) is 0 Å². The number of rotatable bonds is 6. The second kappa shape index (κ2) is 6.54. The molecule has 0 aliphatic rings. The zero-order valence-electron chi connectivity index (χ0n) is 10.8. The molecule has 2 nitrogen and oxygen atoms in total. The first-order valence-corrected chi connectivity index (χ1v) is 6.07. The van der Waals surface area contributed by atoms with Crippen LogP contribution in [0, 0.1) is 13.8 Å². The van der Waals surface area contributed by atoms with E-state index in [2.05, 4.69) is 51.2 Å². The number of benzene rings is 1. The summed E-state index contributed by atoms with van der Waals surface area (Å²) < 4.78 is 5.88. The Labute approximate surface area is 99.0 Å². The summed E-state index contributed by atoms with van der Waals surface area (Å²) in [4.78, 5) is 0. The van der Waals surface area contributed by atoms with Crippen LogP contribution in [0.5, 0.6) is 5.75 Å². The highest BCUT2D eigenvalue weighted by atomic mass is 16.5.